The van der Waals surface area contributed by atoms with Crippen molar-refractivity contribution in [2.75, 3.05) is 0 Å². The van der Waals surface area contributed by atoms with Gasteiger partial charge in [0.15, 0.2) is 5.15 Å². The molecule has 0 fully saturated rings. The number of aromatic nitrogens is 2. The fourth-order valence-electron chi connectivity index (χ4n) is 1.70. The van der Waals surface area contributed by atoms with Gasteiger partial charge in [-0.15, -0.1) is 0 Å². The molecule has 19 heavy (non-hydrogen) atoms. The van der Waals surface area contributed by atoms with Crippen LogP contribution in [-0.2, 0) is 6.54 Å². The lowest BCUT2D eigenvalue weighted by molar-refractivity contribution is 0.0936. The summed E-state index contributed by atoms with van der Waals surface area (Å²) in [5.41, 5.74) is 0.540. The lowest BCUT2D eigenvalue weighted by Crippen LogP contribution is -2.35. The molecule has 0 aliphatic carbocycles. The molecule has 0 aliphatic heterocycles. The summed E-state index contributed by atoms with van der Waals surface area (Å²) >= 11 is 11.6. The van der Waals surface area contributed by atoms with Crippen LogP contribution in [0.1, 0.15) is 17.3 Å². The molecule has 0 radical (unpaired) electrons. The number of halogens is 2. The number of hydrogen-bond acceptors (Lipinski definition) is 2. The summed E-state index contributed by atoms with van der Waals surface area (Å²) in [5.74, 6) is -0.159. The van der Waals surface area contributed by atoms with Gasteiger partial charge in [-0.2, -0.15) is 5.10 Å². The highest BCUT2D eigenvalue weighted by atomic mass is 35.5. The van der Waals surface area contributed by atoms with Gasteiger partial charge in [-0.1, -0.05) is 29.3 Å². The molecule has 1 aromatic carbocycles. The Labute approximate surface area is 121 Å². The van der Waals surface area contributed by atoms with Gasteiger partial charge in [0.25, 0.3) is 5.91 Å². The van der Waals surface area contributed by atoms with Crippen LogP contribution in [-0.4, -0.2) is 21.7 Å². The third kappa shape index (κ3) is 3.98. The zero-order valence-electron chi connectivity index (χ0n) is 10.3. The van der Waals surface area contributed by atoms with Crippen molar-refractivity contribution in [3.05, 3.63) is 52.3 Å². The van der Waals surface area contributed by atoms with Crippen molar-refractivity contribution in [2.45, 2.75) is 19.5 Å². The molecule has 1 aromatic heterocycles. The van der Waals surface area contributed by atoms with Crippen molar-refractivity contribution in [2.24, 2.45) is 0 Å². The van der Waals surface area contributed by atoms with Crippen LogP contribution in [0.2, 0.25) is 10.2 Å². The first-order valence-corrected chi connectivity index (χ1v) is 6.55. The monoisotopic (exact) mass is 297 g/mol. The Morgan fingerprint density at radius 3 is 2.84 bits per heavy atom. The van der Waals surface area contributed by atoms with E-state index < -0.39 is 0 Å². The Hall–Kier alpha value is -1.52. The summed E-state index contributed by atoms with van der Waals surface area (Å²) < 4.78 is 1.69. The van der Waals surface area contributed by atoms with E-state index in [4.69, 9.17) is 23.2 Å². The number of hydrogen-bond donors (Lipinski definition) is 1. The molecule has 100 valence electrons. The maximum atomic E-state index is 12.0. The second-order valence-corrected chi connectivity index (χ2v) is 5.07. The second kappa shape index (κ2) is 6.08. The summed E-state index contributed by atoms with van der Waals surface area (Å²) in [4.78, 5) is 12.0. The van der Waals surface area contributed by atoms with Crippen molar-refractivity contribution in [1.29, 1.82) is 0 Å². The number of rotatable bonds is 4. The van der Waals surface area contributed by atoms with E-state index in [9.17, 15) is 4.79 Å². The first-order chi connectivity index (χ1) is 9.04. The highest BCUT2D eigenvalue weighted by molar-refractivity contribution is 6.31. The van der Waals surface area contributed by atoms with Crippen molar-refractivity contribution >= 4 is 29.1 Å². The van der Waals surface area contributed by atoms with E-state index >= 15 is 0 Å². The van der Waals surface area contributed by atoms with Crippen LogP contribution in [0, 0.1) is 0 Å². The van der Waals surface area contributed by atoms with Crippen molar-refractivity contribution in [3.63, 3.8) is 0 Å². The molecular formula is C13H13Cl2N3O. The van der Waals surface area contributed by atoms with E-state index in [1.54, 1.807) is 41.2 Å². The molecule has 1 N–H and O–H groups in total. The Balaban J connectivity index is 1.95. The molecule has 0 saturated carbocycles. The molecule has 6 heteroatoms. The van der Waals surface area contributed by atoms with Crippen LogP contribution in [0.3, 0.4) is 0 Å². The Morgan fingerprint density at radius 2 is 2.21 bits per heavy atom. The molecule has 2 aromatic rings. The average molecular weight is 298 g/mol. The van der Waals surface area contributed by atoms with E-state index in [2.05, 4.69) is 10.4 Å². The molecule has 0 saturated heterocycles. The average Bonchev–Trinajstić information content (AvgIpc) is 2.74. The fraction of sp³-hybridized carbons (Fsp3) is 0.231. The molecule has 0 bridgehead atoms. The molecular weight excluding hydrogens is 285 g/mol. The molecule has 0 unspecified atom stereocenters. The maximum absolute atomic E-state index is 12.0. The van der Waals surface area contributed by atoms with Crippen LogP contribution in [0.25, 0.3) is 0 Å². The topological polar surface area (TPSA) is 46.9 Å². The minimum absolute atomic E-state index is 0.0672. The summed E-state index contributed by atoms with van der Waals surface area (Å²) in [6.45, 7) is 2.46. The van der Waals surface area contributed by atoms with Crippen LogP contribution < -0.4 is 5.32 Å². The molecule has 2 rings (SSSR count). The first-order valence-electron chi connectivity index (χ1n) is 5.80. The molecule has 0 aliphatic rings. The number of carbonyl (C=O) groups excluding carboxylic acids is 1. The number of benzene rings is 1. The minimum atomic E-state index is -0.159. The van der Waals surface area contributed by atoms with Gasteiger partial charge in [-0.3, -0.25) is 9.48 Å². The van der Waals surface area contributed by atoms with Gasteiger partial charge in [0.1, 0.15) is 0 Å². The second-order valence-electron chi connectivity index (χ2n) is 4.25. The zero-order valence-corrected chi connectivity index (χ0v) is 11.8. The van der Waals surface area contributed by atoms with Crippen molar-refractivity contribution in [3.8, 4) is 0 Å². The number of nitrogens with one attached hydrogen (secondary N) is 1. The van der Waals surface area contributed by atoms with Gasteiger partial charge in [0.05, 0.1) is 6.54 Å². The summed E-state index contributed by atoms with van der Waals surface area (Å²) in [6, 6.07) is 8.46. The van der Waals surface area contributed by atoms with E-state index in [0.29, 0.717) is 22.3 Å². The van der Waals surface area contributed by atoms with Gasteiger partial charge < -0.3 is 5.32 Å². The lowest BCUT2D eigenvalue weighted by atomic mass is 10.2. The predicted octanol–water partition coefficient (Wildman–Crippen LogP) is 3.01. The highest BCUT2D eigenvalue weighted by Gasteiger charge is 2.11. The summed E-state index contributed by atoms with van der Waals surface area (Å²) in [6.07, 6.45) is 1.77. The van der Waals surface area contributed by atoms with E-state index in [-0.39, 0.29) is 11.9 Å². The van der Waals surface area contributed by atoms with Gasteiger partial charge in [-0.05, 0) is 31.2 Å². The highest BCUT2D eigenvalue weighted by Crippen LogP contribution is 2.10. The number of nitrogens with zero attached hydrogens (tertiary/aromatic N) is 2. The van der Waals surface area contributed by atoms with Crippen LogP contribution >= 0.6 is 23.2 Å². The predicted molar refractivity (Wildman–Crippen MR) is 75.6 cm³/mol. The Kier molecular flexibility index (Phi) is 4.45. The third-order valence-electron chi connectivity index (χ3n) is 2.53. The number of amides is 1. The van der Waals surface area contributed by atoms with Gasteiger partial charge >= 0.3 is 0 Å². The van der Waals surface area contributed by atoms with E-state index in [1.165, 1.54) is 0 Å². The first kappa shape index (κ1) is 13.9. The molecule has 0 spiro atoms. The van der Waals surface area contributed by atoms with Gasteiger partial charge in [0.2, 0.25) is 0 Å². The number of carbonyl (C=O) groups is 1. The van der Waals surface area contributed by atoms with E-state index in [1.807, 2.05) is 6.92 Å². The van der Waals surface area contributed by atoms with Crippen LogP contribution in [0.4, 0.5) is 0 Å². The largest absolute Gasteiger partial charge is 0.348 e. The Bertz CT molecular complexity index is 583. The van der Waals surface area contributed by atoms with Crippen molar-refractivity contribution < 1.29 is 4.79 Å². The van der Waals surface area contributed by atoms with Gasteiger partial charge in [-0.25, -0.2) is 0 Å². The third-order valence-corrected chi connectivity index (χ3v) is 2.97. The quantitative estimate of drug-likeness (QED) is 0.943. The molecule has 1 amide bonds. The normalized spacial score (nSPS) is 12.2. The maximum Gasteiger partial charge on any atom is 0.251 e. The zero-order chi connectivity index (χ0) is 13.8. The standard InChI is InChI=1S/C13H13Cl2N3O/c1-9(8-18-6-5-12(15)17-18)16-13(19)10-3-2-4-11(14)7-10/h2-7,9H,8H2,1H3,(H,16,19)/t9-/m0/s1. The lowest BCUT2D eigenvalue weighted by Gasteiger charge is -2.14. The van der Waals surface area contributed by atoms with Gasteiger partial charge in [0, 0.05) is 22.8 Å². The van der Waals surface area contributed by atoms with Crippen molar-refractivity contribution in [1.82, 2.24) is 15.1 Å². The molecule has 1 heterocycles. The molecule has 4 nitrogen and oxygen atoms in total. The van der Waals surface area contributed by atoms with E-state index in [0.717, 1.165) is 0 Å². The molecule has 1 atom stereocenters. The Morgan fingerprint density at radius 1 is 1.42 bits per heavy atom. The smallest absolute Gasteiger partial charge is 0.251 e. The summed E-state index contributed by atoms with van der Waals surface area (Å²) in [5, 5.41) is 7.91. The fourth-order valence-corrected chi connectivity index (χ4v) is 2.05. The minimum Gasteiger partial charge on any atom is -0.348 e. The SMILES string of the molecule is C[C@@H](Cn1ccc(Cl)n1)NC(=O)c1cccc(Cl)c1. The van der Waals surface area contributed by atoms with Crippen LogP contribution in [0.5, 0.6) is 0 Å². The summed E-state index contributed by atoms with van der Waals surface area (Å²) in [7, 11) is 0. The van der Waals surface area contributed by atoms with Crippen LogP contribution in [0.15, 0.2) is 36.5 Å².